The third-order valence-corrected chi connectivity index (χ3v) is 7.65. The molecular weight excluding hydrogens is 369 g/mol. The molecular formula is C23H22NO3P. The molecule has 4 nitrogen and oxygen atoms in total. The van der Waals surface area contributed by atoms with E-state index in [9.17, 15) is 9.36 Å². The number of nitrogens with zero attached hydrogens (tertiary/aromatic N) is 1. The van der Waals surface area contributed by atoms with Crippen molar-refractivity contribution in [3.63, 3.8) is 0 Å². The summed E-state index contributed by atoms with van der Waals surface area (Å²) in [6.45, 7) is 7.79. The highest BCUT2D eigenvalue weighted by Gasteiger charge is 2.35. The molecule has 0 aliphatic rings. The van der Waals surface area contributed by atoms with Crippen LogP contribution >= 0.6 is 7.14 Å². The molecule has 2 aromatic carbocycles. The van der Waals surface area contributed by atoms with E-state index in [2.05, 4.69) is 11.6 Å². The summed E-state index contributed by atoms with van der Waals surface area (Å²) in [5, 5.41) is 1.18. The zero-order chi connectivity index (χ0) is 20.1. The van der Waals surface area contributed by atoms with Crippen LogP contribution in [0.2, 0.25) is 0 Å². The van der Waals surface area contributed by atoms with Gasteiger partial charge in [-0.3, -0.25) is 4.98 Å². The van der Waals surface area contributed by atoms with Gasteiger partial charge in [0, 0.05) is 16.8 Å². The van der Waals surface area contributed by atoms with Gasteiger partial charge < -0.3 is 9.30 Å². The SMILES string of the molecule is C=C(C(=O)OCC)c1ccccc1P(=O)(c1ccccc1)c1ncccc1C. The van der Waals surface area contributed by atoms with Crippen LogP contribution in [-0.2, 0) is 14.1 Å². The molecule has 3 aromatic rings. The molecule has 0 bridgehead atoms. The number of benzene rings is 2. The maximum atomic E-state index is 14.7. The van der Waals surface area contributed by atoms with Gasteiger partial charge in [0.1, 0.15) is 5.44 Å². The third kappa shape index (κ3) is 3.56. The number of ether oxygens (including phenoxy) is 1. The van der Waals surface area contributed by atoms with Crippen molar-refractivity contribution in [2.75, 3.05) is 6.61 Å². The maximum Gasteiger partial charge on any atom is 0.338 e. The minimum atomic E-state index is -3.34. The number of carbonyl (C=O) groups excluding carboxylic acids is 1. The molecule has 5 heteroatoms. The van der Waals surface area contributed by atoms with Crippen LogP contribution in [0.25, 0.3) is 5.57 Å². The zero-order valence-electron chi connectivity index (χ0n) is 16.0. The van der Waals surface area contributed by atoms with E-state index in [1.54, 1.807) is 31.3 Å². The fourth-order valence-electron chi connectivity index (χ4n) is 3.15. The Labute approximate surface area is 165 Å². The lowest BCUT2D eigenvalue weighted by molar-refractivity contribution is -0.136. The van der Waals surface area contributed by atoms with Gasteiger partial charge in [-0.15, -0.1) is 0 Å². The Hall–Kier alpha value is -2.97. The molecule has 0 aliphatic heterocycles. The second-order valence-electron chi connectivity index (χ2n) is 6.30. The van der Waals surface area contributed by atoms with E-state index in [4.69, 9.17) is 4.74 Å². The predicted octanol–water partition coefficient (Wildman–Crippen LogP) is 3.61. The van der Waals surface area contributed by atoms with Gasteiger partial charge in [0.2, 0.25) is 0 Å². The Morgan fingerprint density at radius 2 is 1.71 bits per heavy atom. The lowest BCUT2D eigenvalue weighted by Crippen LogP contribution is -2.31. The van der Waals surface area contributed by atoms with E-state index < -0.39 is 13.1 Å². The van der Waals surface area contributed by atoms with E-state index in [1.807, 2.05) is 55.5 Å². The fraction of sp³-hybridized carbons (Fsp3) is 0.130. The zero-order valence-corrected chi connectivity index (χ0v) is 16.9. The average Bonchev–Trinajstić information content (AvgIpc) is 2.74. The summed E-state index contributed by atoms with van der Waals surface area (Å²) in [6, 6.07) is 20.1. The van der Waals surface area contributed by atoms with Gasteiger partial charge in [0.15, 0.2) is 7.14 Å². The summed E-state index contributed by atoms with van der Waals surface area (Å²) in [7, 11) is -3.34. The highest BCUT2D eigenvalue weighted by atomic mass is 31.2. The number of carbonyl (C=O) groups is 1. The van der Waals surface area contributed by atoms with E-state index in [0.717, 1.165) is 5.56 Å². The van der Waals surface area contributed by atoms with Crippen molar-refractivity contribution in [3.8, 4) is 0 Å². The molecule has 28 heavy (non-hydrogen) atoms. The number of rotatable bonds is 6. The molecule has 1 atom stereocenters. The van der Waals surface area contributed by atoms with Crippen molar-refractivity contribution in [1.29, 1.82) is 0 Å². The number of esters is 1. The molecule has 0 saturated carbocycles. The van der Waals surface area contributed by atoms with Gasteiger partial charge in [-0.2, -0.15) is 0 Å². The van der Waals surface area contributed by atoms with Crippen LogP contribution in [0, 0.1) is 6.92 Å². The lowest BCUT2D eigenvalue weighted by atomic mass is 10.1. The van der Waals surface area contributed by atoms with Crippen molar-refractivity contribution in [2.24, 2.45) is 0 Å². The lowest BCUT2D eigenvalue weighted by Gasteiger charge is -2.23. The molecule has 0 amide bonds. The van der Waals surface area contributed by atoms with Crippen LogP contribution in [0.3, 0.4) is 0 Å². The molecule has 0 saturated heterocycles. The molecule has 1 heterocycles. The quantitative estimate of drug-likeness (QED) is 0.366. The van der Waals surface area contributed by atoms with Crippen molar-refractivity contribution in [3.05, 3.63) is 90.6 Å². The molecule has 3 rings (SSSR count). The van der Waals surface area contributed by atoms with Crippen LogP contribution in [0.5, 0.6) is 0 Å². The summed E-state index contributed by atoms with van der Waals surface area (Å²) in [4.78, 5) is 16.8. The predicted molar refractivity (Wildman–Crippen MR) is 114 cm³/mol. The summed E-state index contributed by atoms with van der Waals surface area (Å²) in [5.74, 6) is -0.521. The van der Waals surface area contributed by atoms with Gasteiger partial charge in [-0.25, -0.2) is 4.79 Å². The standard InChI is InChI=1S/C23H22NO3P/c1-4-27-23(25)18(3)20-14-8-9-15-21(20)28(26,19-12-6-5-7-13-19)22-17(2)11-10-16-24-22/h5-16H,3-4H2,1-2H3. The van der Waals surface area contributed by atoms with Crippen molar-refractivity contribution in [2.45, 2.75) is 13.8 Å². The molecule has 1 aromatic heterocycles. The second kappa shape index (κ2) is 8.37. The van der Waals surface area contributed by atoms with Crippen LogP contribution in [0.15, 0.2) is 79.5 Å². The Bertz CT molecular complexity index is 1060. The topological polar surface area (TPSA) is 56.3 Å². The van der Waals surface area contributed by atoms with Gasteiger partial charge >= 0.3 is 5.97 Å². The first kappa shape index (κ1) is 19.8. The molecule has 1 unspecified atom stereocenters. The number of pyridine rings is 1. The minimum absolute atomic E-state index is 0.183. The Kier molecular flexibility index (Phi) is 5.91. The molecule has 0 spiro atoms. The smallest absolute Gasteiger partial charge is 0.338 e. The summed E-state index contributed by atoms with van der Waals surface area (Å²) < 4.78 is 19.8. The van der Waals surface area contributed by atoms with Gasteiger partial charge in [-0.1, -0.05) is 67.2 Å². The number of hydrogen-bond donors (Lipinski definition) is 0. The Balaban J connectivity index is 2.31. The van der Waals surface area contributed by atoms with Crippen molar-refractivity contribution in [1.82, 2.24) is 4.98 Å². The average molecular weight is 391 g/mol. The van der Waals surface area contributed by atoms with Crippen LogP contribution in [0.1, 0.15) is 18.1 Å². The highest BCUT2D eigenvalue weighted by Crippen LogP contribution is 2.44. The Morgan fingerprint density at radius 3 is 2.39 bits per heavy atom. The summed E-state index contributed by atoms with van der Waals surface area (Å²) in [5.41, 5.74) is 2.02. The number of hydrogen-bond acceptors (Lipinski definition) is 4. The second-order valence-corrected chi connectivity index (χ2v) is 8.95. The normalized spacial score (nSPS) is 12.8. The van der Waals surface area contributed by atoms with Gasteiger partial charge in [0.05, 0.1) is 12.2 Å². The fourth-order valence-corrected chi connectivity index (χ4v) is 6.14. The van der Waals surface area contributed by atoms with E-state index >= 15 is 0 Å². The molecule has 0 fully saturated rings. The summed E-state index contributed by atoms with van der Waals surface area (Å²) in [6.07, 6.45) is 1.64. The van der Waals surface area contributed by atoms with E-state index in [0.29, 0.717) is 21.6 Å². The molecule has 142 valence electrons. The van der Waals surface area contributed by atoms with Crippen LogP contribution in [-0.4, -0.2) is 17.6 Å². The van der Waals surface area contributed by atoms with Crippen LogP contribution < -0.4 is 16.0 Å². The first-order valence-corrected chi connectivity index (χ1v) is 10.7. The largest absolute Gasteiger partial charge is 0.462 e. The first-order valence-electron chi connectivity index (χ1n) is 9.04. The maximum absolute atomic E-state index is 14.7. The van der Waals surface area contributed by atoms with Gasteiger partial charge in [-0.05, 0) is 31.0 Å². The minimum Gasteiger partial charge on any atom is -0.462 e. The van der Waals surface area contributed by atoms with E-state index in [1.165, 1.54) is 0 Å². The first-order chi connectivity index (χ1) is 13.5. The van der Waals surface area contributed by atoms with Gasteiger partial charge in [0.25, 0.3) is 0 Å². The van der Waals surface area contributed by atoms with Crippen molar-refractivity contribution < 1.29 is 14.1 Å². The molecule has 0 radical (unpaired) electrons. The number of aromatic nitrogens is 1. The van der Waals surface area contributed by atoms with E-state index in [-0.39, 0.29) is 12.2 Å². The molecule has 0 aliphatic carbocycles. The third-order valence-electron chi connectivity index (χ3n) is 4.49. The molecule has 0 N–H and O–H groups in total. The monoisotopic (exact) mass is 391 g/mol. The van der Waals surface area contributed by atoms with Crippen LogP contribution in [0.4, 0.5) is 0 Å². The number of aryl methyl sites for hydroxylation is 1. The Morgan fingerprint density at radius 1 is 1.04 bits per heavy atom. The highest BCUT2D eigenvalue weighted by molar-refractivity contribution is 7.85. The summed E-state index contributed by atoms with van der Waals surface area (Å²) >= 11 is 0. The van der Waals surface area contributed by atoms with Crippen molar-refractivity contribution >= 4 is 34.7 Å².